The summed E-state index contributed by atoms with van der Waals surface area (Å²) < 4.78 is 31.0. The number of alkyl carbamates (subject to hydrolysis) is 2. The van der Waals surface area contributed by atoms with Crippen LogP contribution in [0.5, 0.6) is 0 Å². The molecule has 0 saturated heterocycles. The van der Waals surface area contributed by atoms with Gasteiger partial charge in [-0.3, -0.25) is 4.79 Å². The Morgan fingerprint density at radius 2 is 1.52 bits per heavy atom. The molecule has 2 aliphatic carbocycles. The van der Waals surface area contributed by atoms with Crippen LogP contribution in [-0.2, 0) is 30.4 Å². The van der Waals surface area contributed by atoms with Gasteiger partial charge in [0.05, 0.1) is 12.8 Å². The number of benzene rings is 2. The van der Waals surface area contributed by atoms with Crippen LogP contribution in [0.1, 0.15) is 70.4 Å². The summed E-state index contributed by atoms with van der Waals surface area (Å²) in [5.41, 5.74) is 0.344. The number of methoxy groups -OCH3 is 1. The maximum Gasteiger partial charge on any atom is 0.408 e. The number of hydrogen-bond donors (Lipinski definition) is 3. The lowest BCUT2D eigenvalue weighted by molar-refractivity contribution is -0.143. The van der Waals surface area contributed by atoms with Crippen LogP contribution in [0.3, 0.4) is 0 Å². The Labute approximate surface area is 257 Å². The second kappa shape index (κ2) is 14.1. The number of rotatable bonds is 12. The monoisotopic (exact) mass is 611 g/mol. The Morgan fingerprint density at radius 3 is 2.07 bits per heavy atom. The fourth-order valence-corrected chi connectivity index (χ4v) is 5.39. The molecule has 238 valence electrons. The van der Waals surface area contributed by atoms with Gasteiger partial charge in [-0.25, -0.2) is 18.8 Å². The first-order valence-electron chi connectivity index (χ1n) is 15.0. The lowest BCUT2D eigenvalue weighted by Gasteiger charge is -2.29. The summed E-state index contributed by atoms with van der Waals surface area (Å²) in [4.78, 5) is 51.3. The number of hydrogen-bond acceptors (Lipinski definition) is 7. The van der Waals surface area contributed by atoms with E-state index in [1.54, 1.807) is 45.9 Å². The van der Waals surface area contributed by atoms with Crippen LogP contribution in [0, 0.1) is 23.6 Å². The molecular formula is C33H42FN3O7. The van der Waals surface area contributed by atoms with Crippen molar-refractivity contribution in [3.05, 3.63) is 65.5 Å². The highest BCUT2D eigenvalue weighted by Gasteiger charge is 2.48. The predicted octanol–water partition coefficient (Wildman–Crippen LogP) is 5.67. The average Bonchev–Trinajstić information content (AvgIpc) is 3.90. The molecule has 3 atom stereocenters. The third-order valence-electron chi connectivity index (χ3n) is 7.89. The average molecular weight is 612 g/mol. The number of carbonyl (C=O) groups is 4. The van der Waals surface area contributed by atoms with E-state index in [1.165, 1.54) is 19.2 Å². The maximum absolute atomic E-state index is 15.4. The first-order valence-corrected chi connectivity index (χ1v) is 15.0. The Kier molecular flexibility index (Phi) is 10.5. The summed E-state index contributed by atoms with van der Waals surface area (Å²) in [7, 11) is 1.19. The smallest absolute Gasteiger partial charge is 0.408 e. The van der Waals surface area contributed by atoms with E-state index in [0.717, 1.165) is 31.2 Å². The van der Waals surface area contributed by atoms with Gasteiger partial charge in [0.2, 0.25) is 5.91 Å². The second-order valence-electron chi connectivity index (χ2n) is 12.6. The van der Waals surface area contributed by atoms with E-state index < -0.39 is 53.5 Å². The molecule has 0 aliphatic heterocycles. The Bertz CT molecular complexity index is 1330. The summed E-state index contributed by atoms with van der Waals surface area (Å²) in [6.07, 6.45) is 2.41. The summed E-state index contributed by atoms with van der Waals surface area (Å²) in [6.45, 7) is 6.87. The van der Waals surface area contributed by atoms with Crippen molar-refractivity contribution in [1.29, 1.82) is 0 Å². The van der Waals surface area contributed by atoms with Crippen molar-refractivity contribution >= 4 is 29.8 Å². The SMILES string of the molecule is COC(=O)[C@H](NC(=O)OCc1ccccc1)[C@@H](C)c1ccc(NC(=O)[C@@H](NC(=O)OC(C)(C)C)C(C2CC2)C2CC2)c(F)c1. The fraction of sp³-hybridized carbons (Fsp3) is 0.515. The van der Waals surface area contributed by atoms with Crippen molar-refractivity contribution in [2.24, 2.45) is 17.8 Å². The Balaban J connectivity index is 1.45. The molecule has 2 saturated carbocycles. The third-order valence-corrected chi connectivity index (χ3v) is 7.89. The molecule has 4 rings (SSSR count). The van der Waals surface area contributed by atoms with Crippen LogP contribution in [0.4, 0.5) is 19.7 Å². The van der Waals surface area contributed by atoms with Crippen molar-refractivity contribution in [3.63, 3.8) is 0 Å². The first kappa shape index (κ1) is 32.8. The van der Waals surface area contributed by atoms with E-state index >= 15 is 4.39 Å². The molecule has 2 aromatic carbocycles. The number of amides is 3. The number of esters is 1. The van der Waals surface area contributed by atoms with Gasteiger partial charge in [0.15, 0.2) is 0 Å². The highest BCUT2D eigenvalue weighted by atomic mass is 19.1. The van der Waals surface area contributed by atoms with Crippen LogP contribution in [0.2, 0.25) is 0 Å². The molecule has 11 heteroatoms. The fourth-order valence-electron chi connectivity index (χ4n) is 5.39. The zero-order valence-electron chi connectivity index (χ0n) is 25.9. The van der Waals surface area contributed by atoms with Crippen molar-refractivity contribution < 1.29 is 37.8 Å². The molecular weight excluding hydrogens is 569 g/mol. The number of halogens is 1. The molecule has 3 N–H and O–H groups in total. The van der Waals surface area contributed by atoms with E-state index in [2.05, 4.69) is 16.0 Å². The lowest BCUT2D eigenvalue weighted by atomic mass is 9.88. The van der Waals surface area contributed by atoms with Crippen LogP contribution in [0.25, 0.3) is 0 Å². The summed E-state index contributed by atoms with van der Waals surface area (Å²) in [5, 5.41) is 7.93. The number of anilines is 1. The van der Waals surface area contributed by atoms with Crippen LogP contribution in [-0.4, -0.2) is 48.9 Å². The number of nitrogens with one attached hydrogen (secondary N) is 3. The normalized spacial score (nSPS) is 16.7. The minimum Gasteiger partial charge on any atom is -0.467 e. The van der Waals surface area contributed by atoms with E-state index in [0.29, 0.717) is 17.4 Å². The molecule has 0 bridgehead atoms. The molecule has 3 amide bonds. The predicted molar refractivity (Wildman–Crippen MR) is 161 cm³/mol. The van der Waals surface area contributed by atoms with Crippen molar-refractivity contribution in [3.8, 4) is 0 Å². The van der Waals surface area contributed by atoms with Gasteiger partial charge in [0, 0.05) is 5.92 Å². The highest BCUT2D eigenvalue weighted by molar-refractivity contribution is 5.97. The molecule has 2 fully saturated rings. The van der Waals surface area contributed by atoms with Gasteiger partial charge < -0.3 is 30.2 Å². The summed E-state index contributed by atoms with van der Waals surface area (Å²) in [5.74, 6) is -2.10. The molecule has 0 radical (unpaired) electrons. The Morgan fingerprint density at radius 1 is 0.909 bits per heavy atom. The molecule has 10 nitrogen and oxygen atoms in total. The van der Waals surface area contributed by atoms with E-state index in [-0.39, 0.29) is 18.2 Å². The zero-order chi connectivity index (χ0) is 32.0. The molecule has 2 aromatic rings. The van der Waals surface area contributed by atoms with Gasteiger partial charge >= 0.3 is 18.2 Å². The molecule has 0 heterocycles. The molecule has 0 unspecified atom stereocenters. The minimum atomic E-state index is -1.16. The highest BCUT2D eigenvalue weighted by Crippen LogP contribution is 2.51. The number of carbonyl (C=O) groups excluding carboxylic acids is 4. The topological polar surface area (TPSA) is 132 Å². The van der Waals surface area contributed by atoms with Crippen molar-refractivity contribution in [2.75, 3.05) is 12.4 Å². The standard InChI is InChI=1S/C33H42FN3O7/c1-19(27(30(39)42-5)36-31(40)43-18-20-9-7-6-8-10-20)23-15-16-25(24(34)17-23)35-29(38)28(37-32(41)44-33(2,3)4)26(21-11-12-21)22-13-14-22/h6-10,15-17,19,21-22,26-28H,11-14,18H2,1-5H3,(H,35,38)(H,36,40)(H,37,41)/t19-,27+,28-/m0/s1. The van der Waals surface area contributed by atoms with Gasteiger partial charge in [-0.15, -0.1) is 0 Å². The van der Waals surface area contributed by atoms with E-state index in [9.17, 15) is 19.2 Å². The van der Waals surface area contributed by atoms with Gasteiger partial charge in [0.1, 0.15) is 30.1 Å². The summed E-state index contributed by atoms with van der Waals surface area (Å²) >= 11 is 0. The van der Waals surface area contributed by atoms with Crippen molar-refractivity contribution in [2.45, 2.75) is 83.6 Å². The van der Waals surface area contributed by atoms with Crippen LogP contribution < -0.4 is 16.0 Å². The van der Waals surface area contributed by atoms with Crippen molar-refractivity contribution in [1.82, 2.24) is 10.6 Å². The van der Waals surface area contributed by atoms with E-state index in [4.69, 9.17) is 14.2 Å². The van der Waals surface area contributed by atoms with Gasteiger partial charge in [-0.2, -0.15) is 0 Å². The van der Waals surface area contributed by atoms with Gasteiger partial charge in [0.25, 0.3) is 0 Å². The van der Waals surface area contributed by atoms with E-state index in [1.807, 2.05) is 18.2 Å². The summed E-state index contributed by atoms with van der Waals surface area (Å²) in [6, 6.07) is 11.2. The van der Waals surface area contributed by atoms with Crippen LogP contribution >= 0.6 is 0 Å². The molecule has 0 aromatic heterocycles. The van der Waals surface area contributed by atoms with Gasteiger partial charge in [-0.05, 0) is 87.5 Å². The molecule has 0 spiro atoms. The number of ether oxygens (including phenoxy) is 3. The first-order chi connectivity index (χ1) is 20.9. The van der Waals surface area contributed by atoms with Crippen LogP contribution in [0.15, 0.2) is 48.5 Å². The van der Waals surface area contributed by atoms with Gasteiger partial charge in [-0.1, -0.05) is 43.3 Å². The third kappa shape index (κ3) is 9.17. The zero-order valence-corrected chi connectivity index (χ0v) is 25.9. The minimum absolute atomic E-state index is 0.00407. The molecule has 44 heavy (non-hydrogen) atoms. The Hall–Kier alpha value is -4.15. The maximum atomic E-state index is 15.4. The molecule has 2 aliphatic rings. The largest absolute Gasteiger partial charge is 0.467 e. The lowest BCUT2D eigenvalue weighted by Crippen LogP contribution is -2.51. The second-order valence-corrected chi connectivity index (χ2v) is 12.6. The quantitative estimate of drug-likeness (QED) is 0.208.